The van der Waals surface area contributed by atoms with E-state index in [1.807, 2.05) is 0 Å². The van der Waals surface area contributed by atoms with E-state index in [2.05, 4.69) is 0 Å². The lowest BCUT2D eigenvalue weighted by atomic mass is 10.1. The maximum absolute atomic E-state index is 14.3. The van der Waals surface area contributed by atoms with Gasteiger partial charge in [-0.1, -0.05) is 0 Å². The molecule has 0 unspecified atom stereocenters. The molecule has 2 atom stereocenters. The van der Waals surface area contributed by atoms with E-state index in [1.54, 1.807) is 6.92 Å². The normalized spacial score (nSPS) is 25.6. The third-order valence-corrected chi connectivity index (χ3v) is 3.02. The van der Waals surface area contributed by atoms with Crippen LogP contribution < -0.4 is 0 Å². The zero-order chi connectivity index (χ0) is 13.3. The highest BCUT2D eigenvalue weighted by atomic mass is 19.1. The number of nitro benzene ring substituents is 1. The van der Waals surface area contributed by atoms with Crippen LogP contribution in [0.4, 0.5) is 10.1 Å². The molecule has 0 amide bonds. The van der Waals surface area contributed by atoms with Crippen molar-refractivity contribution in [2.45, 2.75) is 19.0 Å². The molecule has 0 bridgehead atoms. The molecule has 0 radical (unpaired) electrons. The molecule has 0 aliphatic heterocycles. The molecule has 1 fully saturated rings. The molecule has 0 heterocycles. The van der Waals surface area contributed by atoms with Crippen LogP contribution in [0.1, 0.15) is 18.9 Å². The van der Waals surface area contributed by atoms with Gasteiger partial charge >= 0.3 is 5.97 Å². The molecular formula is C12H12FNO4. The Labute approximate surface area is 103 Å². The van der Waals surface area contributed by atoms with E-state index in [0.717, 1.165) is 0 Å². The zero-order valence-corrected chi connectivity index (χ0v) is 9.76. The van der Waals surface area contributed by atoms with Crippen molar-refractivity contribution in [3.63, 3.8) is 0 Å². The highest BCUT2D eigenvalue weighted by Gasteiger charge is 2.61. The quantitative estimate of drug-likeness (QED) is 0.469. The molecular weight excluding hydrogens is 241 g/mol. The Hall–Kier alpha value is -1.98. The summed E-state index contributed by atoms with van der Waals surface area (Å²) in [7, 11) is 0. The number of alkyl halides is 1. The minimum atomic E-state index is -1.73. The molecule has 6 heteroatoms. The Morgan fingerprint density at radius 1 is 1.56 bits per heavy atom. The number of carbonyl (C=O) groups excluding carboxylic acids is 1. The Morgan fingerprint density at radius 2 is 2.17 bits per heavy atom. The Bertz CT molecular complexity index is 487. The van der Waals surface area contributed by atoms with Gasteiger partial charge in [-0.25, -0.2) is 4.39 Å². The predicted molar refractivity (Wildman–Crippen MR) is 60.6 cm³/mol. The molecule has 1 aliphatic carbocycles. The van der Waals surface area contributed by atoms with E-state index >= 15 is 0 Å². The summed E-state index contributed by atoms with van der Waals surface area (Å²) in [6, 6.07) is 5.16. The number of rotatable bonds is 4. The van der Waals surface area contributed by atoms with Gasteiger partial charge in [0.15, 0.2) is 0 Å². The monoisotopic (exact) mass is 253 g/mol. The van der Waals surface area contributed by atoms with Crippen molar-refractivity contribution in [3.8, 4) is 0 Å². The number of ether oxygens (including phenoxy) is 1. The summed E-state index contributed by atoms with van der Waals surface area (Å²) in [5.74, 6) is -1.35. The molecule has 1 saturated carbocycles. The standard InChI is InChI=1S/C12H12FNO4/c1-2-18-11(15)10-7-12(10,13)8-3-5-9(6-4-8)14(16)17/h3-6,10H,2,7H2,1H3/t10-,12+/m1/s1. The maximum atomic E-state index is 14.3. The summed E-state index contributed by atoms with van der Waals surface area (Å²) in [6.45, 7) is 1.87. The maximum Gasteiger partial charge on any atom is 0.312 e. The first-order chi connectivity index (χ1) is 8.49. The van der Waals surface area contributed by atoms with Gasteiger partial charge in [0.1, 0.15) is 5.67 Å². The smallest absolute Gasteiger partial charge is 0.312 e. The number of benzene rings is 1. The number of nitrogens with zero attached hydrogens (tertiary/aromatic N) is 1. The van der Waals surface area contributed by atoms with E-state index in [9.17, 15) is 19.3 Å². The van der Waals surface area contributed by atoms with Crippen molar-refractivity contribution >= 4 is 11.7 Å². The third kappa shape index (κ3) is 2.05. The van der Waals surface area contributed by atoms with Crippen LogP contribution in [0.5, 0.6) is 0 Å². The Balaban J connectivity index is 2.13. The second-order valence-corrected chi connectivity index (χ2v) is 4.18. The number of nitro groups is 1. The largest absolute Gasteiger partial charge is 0.466 e. The van der Waals surface area contributed by atoms with Crippen molar-refractivity contribution < 1.29 is 18.8 Å². The topological polar surface area (TPSA) is 69.4 Å². The number of esters is 1. The second kappa shape index (κ2) is 4.36. The molecule has 0 spiro atoms. The SMILES string of the molecule is CCOC(=O)[C@H]1C[C@]1(F)c1ccc([N+](=O)[O-])cc1. The molecule has 2 rings (SSSR count). The molecule has 0 aromatic heterocycles. The summed E-state index contributed by atoms with van der Waals surface area (Å²) in [4.78, 5) is 21.3. The summed E-state index contributed by atoms with van der Waals surface area (Å²) in [5.41, 5.74) is -1.55. The van der Waals surface area contributed by atoms with Gasteiger partial charge < -0.3 is 4.74 Å². The fourth-order valence-corrected chi connectivity index (χ4v) is 1.93. The van der Waals surface area contributed by atoms with Crippen LogP contribution in [0.3, 0.4) is 0 Å². The van der Waals surface area contributed by atoms with Crippen LogP contribution in [0.25, 0.3) is 0 Å². The number of carbonyl (C=O) groups is 1. The summed E-state index contributed by atoms with van der Waals surface area (Å²) >= 11 is 0. The van der Waals surface area contributed by atoms with E-state index in [-0.39, 0.29) is 24.3 Å². The molecule has 1 aromatic carbocycles. The number of non-ortho nitro benzene ring substituents is 1. The van der Waals surface area contributed by atoms with E-state index < -0.39 is 22.5 Å². The lowest BCUT2D eigenvalue weighted by Gasteiger charge is -2.07. The van der Waals surface area contributed by atoms with E-state index in [0.29, 0.717) is 0 Å². The van der Waals surface area contributed by atoms with Gasteiger partial charge in [0.25, 0.3) is 5.69 Å². The number of hydrogen-bond acceptors (Lipinski definition) is 4. The second-order valence-electron chi connectivity index (χ2n) is 4.18. The van der Waals surface area contributed by atoms with Gasteiger partial charge in [-0.05, 0) is 24.6 Å². The van der Waals surface area contributed by atoms with Crippen LogP contribution >= 0.6 is 0 Å². The molecule has 0 N–H and O–H groups in total. The van der Waals surface area contributed by atoms with Crippen molar-refractivity contribution in [2.24, 2.45) is 5.92 Å². The first-order valence-electron chi connectivity index (χ1n) is 5.59. The molecule has 96 valence electrons. The molecule has 5 nitrogen and oxygen atoms in total. The summed E-state index contributed by atoms with van der Waals surface area (Å²) in [6.07, 6.45) is 0.0731. The van der Waals surface area contributed by atoms with Gasteiger partial charge in [0.2, 0.25) is 0 Å². The fourth-order valence-electron chi connectivity index (χ4n) is 1.93. The van der Waals surface area contributed by atoms with Crippen LogP contribution in [0.2, 0.25) is 0 Å². The lowest BCUT2D eigenvalue weighted by molar-refractivity contribution is -0.384. The average molecular weight is 253 g/mol. The van der Waals surface area contributed by atoms with Gasteiger partial charge in [-0.15, -0.1) is 0 Å². The van der Waals surface area contributed by atoms with E-state index in [4.69, 9.17) is 4.74 Å². The van der Waals surface area contributed by atoms with Gasteiger partial charge in [-0.2, -0.15) is 0 Å². The van der Waals surface area contributed by atoms with Crippen molar-refractivity contribution in [1.82, 2.24) is 0 Å². The van der Waals surface area contributed by atoms with Gasteiger partial charge in [-0.3, -0.25) is 14.9 Å². The first kappa shape index (κ1) is 12.5. The van der Waals surface area contributed by atoms with Crippen LogP contribution in [-0.4, -0.2) is 17.5 Å². The average Bonchev–Trinajstić information content (AvgIpc) is 3.04. The van der Waals surface area contributed by atoms with Crippen molar-refractivity contribution in [3.05, 3.63) is 39.9 Å². The molecule has 0 saturated heterocycles. The molecule has 1 aromatic rings. The fraction of sp³-hybridized carbons (Fsp3) is 0.417. The Kier molecular flexibility index (Phi) is 3.02. The highest BCUT2D eigenvalue weighted by molar-refractivity contribution is 5.78. The van der Waals surface area contributed by atoms with E-state index in [1.165, 1.54) is 24.3 Å². The van der Waals surface area contributed by atoms with Crippen LogP contribution in [-0.2, 0) is 15.2 Å². The minimum absolute atomic E-state index is 0.0731. The Morgan fingerprint density at radius 3 is 2.67 bits per heavy atom. The molecule has 18 heavy (non-hydrogen) atoms. The minimum Gasteiger partial charge on any atom is -0.466 e. The zero-order valence-electron chi connectivity index (χ0n) is 9.76. The van der Waals surface area contributed by atoms with Crippen LogP contribution in [0.15, 0.2) is 24.3 Å². The van der Waals surface area contributed by atoms with Crippen molar-refractivity contribution in [1.29, 1.82) is 0 Å². The van der Waals surface area contributed by atoms with Gasteiger partial charge in [0.05, 0.1) is 17.4 Å². The van der Waals surface area contributed by atoms with Crippen LogP contribution in [0, 0.1) is 16.0 Å². The third-order valence-electron chi connectivity index (χ3n) is 3.02. The highest BCUT2D eigenvalue weighted by Crippen LogP contribution is 2.56. The number of hydrogen-bond donors (Lipinski definition) is 0. The van der Waals surface area contributed by atoms with Crippen molar-refractivity contribution in [2.75, 3.05) is 6.61 Å². The molecule has 1 aliphatic rings. The lowest BCUT2D eigenvalue weighted by Crippen LogP contribution is -2.13. The predicted octanol–water partition coefficient (Wildman–Crippen LogP) is 2.34. The summed E-state index contributed by atoms with van der Waals surface area (Å²) in [5, 5.41) is 10.5. The van der Waals surface area contributed by atoms with Gasteiger partial charge in [0, 0.05) is 18.6 Å². The first-order valence-corrected chi connectivity index (χ1v) is 5.59. The number of halogens is 1. The summed E-state index contributed by atoms with van der Waals surface area (Å²) < 4.78 is 19.1.